The van der Waals surface area contributed by atoms with E-state index in [1.54, 1.807) is 36.4 Å². The lowest BCUT2D eigenvalue weighted by atomic mass is 10.1. The van der Waals surface area contributed by atoms with E-state index < -0.39 is 0 Å². The number of amides is 1. The number of hydrazone groups is 1. The van der Waals surface area contributed by atoms with E-state index in [1.807, 2.05) is 13.0 Å². The average Bonchev–Trinajstić information content (AvgIpc) is 2.41. The topological polar surface area (TPSA) is 41.5 Å². The number of hydrogen-bond acceptors (Lipinski definition) is 2. The number of carbonyl (C=O) groups is 1. The predicted molar refractivity (Wildman–Crippen MR) is 82.7 cm³/mol. The highest BCUT2D eigenvalue weighted by atomic mass is 35.5. The first-order valence-electron chi connectivity index (χ1n) is 5.91. The zero-order chi connectivity index (χ0) is 14.5. The van der Waals surface area contributed by atoms with Crippen LogP contribution in [0.3, 0.4) is 0 Å². The second-order valence-electron chi connectivity index (χ2n) is 4.23. The Morgan fingerprint density at radius 2 is 1.85 bits per heavy atom. The number of nitrogens with one attached hydrogen (secondary N) is 1. The molecule has 0 radical (unpaired) electrons. The Kier molecular flexibility index (Phi) is 4.77. The van der Waals surface area contributed by atoms with Crippen LogP contribution in [0.25, 0.3) is 0 Å². The molecule has 0 unspecified atom stereocenters. The van der Waals surface area contributed by atoms with Crippen molar-refractivity contribution in [2.24, 2.45) is 5.10 Å². The normalized spacial score (nSPS) is 10.8. The number of benzene rings is 2. The Balaban J connectivity index is 2.03. The Morgan fingerprint density at radius 3 is 2.50 bits per heavy atom. The third-order valence-electron chi connectivity index (χ3n) is 2.62. The number of carbonyl (C=O) groups excluding carboxylic acids is 1. The van der Waals surface area contributed by atoms with Gasteiger partial charge in [-0.1, -0.05) is 41.4 Å². The molecule has 1 N–H and O–H groups in total. The van der Waals surface area contributed by atoms with Gasteiger partial charge in [0.05, 0.1) is 16.8 Å². The Labute approximate surface area is 127 Å². The molecular weight excluding hydrogens is 295 g/mol. The summed E-state index contributed by atoms with van der Waals surface area (Å²) < 4.78 is 0. The summed E-state index contributed by atoms with van der Waals surface area (Å²) >= 11 is 11.8. The van der Waals surface area contributed by atoms with Gasteiger partial charge in [0.1, 0.15) is 0 Å². The average molecular weight is 307 g/mol. The highest BCUT2D eigenvalue weighted by molar-refractivity contribution is 6.33. The molecule has 3 nitrogen and oxygen atoms in total. The van der Waals surface area contributed by atoms with E-state index in [1.165, 1.54) is 6.21 Å². The molecule has 0 bridgehead atoms. The van der Waals surface area contributed by atoms with Crippen LogP contribution in [0.4, 0.5) is 0 Å². The van der Waals surface area contributed by atoms with Crippen molar-refractivity contribution in [3.8, 4) is 0 Å². The molecule has 0 saturated carbocycles. The lowest BCUT2D eigenvalue weighted by Gasteiger charge is -2.03. The minimum atomic E-state index is -0.347. The van der Waals surface area contributed by atoms with Crippen molar-refractivity contribution in [3.63, 3.8) is 0 Å². The fourth-order valence-corrected chi connectivity index (χ4v) is 2.03. The molecule has 102 valence electrons. The second-order valence-corrected chi connectivity index (χ2v) is 5.08. The van der Waals surface area contributed by atoms with E-state index in [0.717, 1.165) is 11.1 Å². The van der Waals surface area contributed by atoms with Gasteiger partial charge in [-0.25, -0.2) is 5.43 Å². The largest absolute Gasteiger partial charge is 0.272 e. The summed E-state index contributed by atoms with van der Waals surface area (Å²) in [7, 11) is 0. The summed E-state index contributed by atoms with van der Waals surface area (Å²) in [4.78, 5) is 11.9. The number of nitrogens with zero attached hydrogens (tertiary/aromatic N) is 1. The SMILES string of the molecule is Cc1ccc(C(=O)NN=Cc2ccc(Cl)cc2)c(Cl)c1. The minimum absolute atomic E-state index is 0.347. The molecule has 0 atom stereocenters. The molecular formula is C15H12Cl2N2O. The van der Waals surface area contributed by atoms with E-state index in [2.05, 4.69) is 10.5 Å². The first-order valence-corrected chi connectivity index (χ1v) is 6.67. The molecule has 2 aromatic rings. The van der Waals surface area contributed by atoms with Crippen LogP contribution >= 0.6 is 23.2 Å². The highest BCUT2D eigenvalue weighted by Gasteiger charge is 2.08. The Hall–Kier alpha value is -1.84. The monoisotopic (exact) mass is 306 g/mol. The van der Waals surface area contributed by atoms with Gasteiger partial charge < -0.3 is 0 Å². The van der Waals surface area contributed by atoms with Crippen LogP contribution in [-0.4, -0.2) is 12.1 Å². The molecule has 1 amide bonds. The van der Waals surface area contributed by atoms with Crippen molar-refractivity contribution in [3.05, 3.63) is 69.2 Å². The number of rotatable bonds is 3. The van der Waals surface area contributed by atoms with E-state index in [4.69, 9.17) is 23.2 Å². The molecule has 0 aliphatic rings. The lowest BCUT2D eigenvalue weighted by molar-refractivity contribution is 0.0955. The van der Waals surface area contributed by atoms with Gasteiger partial charge in [0.2, 0.25) is 0 Å². The molecule has 0 saturated heterocycles. The fraction of sp³-hybridized carbons (Fsp3) is 0.0667. The minimum Gasteiger partial charge on any atom is -0.267 e. The molecule has 2 aromatic carbocycles. The first kappa shape index (κ1) is 14.6. The lowest BCUT2D eigenvalue weighted by Crippen LogP contribution is -2.18. The number of halogens is 2. The number of hydrogen-bond donors (Lipinski definition) is 1. The summed E-state index contributed by atoms with van der Waals surface area (Å²) in [6.07, 6.45) is 1.54. The zero-order valence-electron chi connectivity index (χ0n) is 10.7. The van der Waals surface area contributed by atoms with Crippen molar-refractivity contribution in [2.75, 3.05) is 0 Å². The van der Waals surface area contributed by atoms with Crippen molar-refractivity contribution < 1.29 is 4.79 Å². The van der Waals surface area contributed by atoms with Crippen LogP contribution in [0.15, 0.2) is 47.6 Å². The van der Waals surface area contributed by atoms with Crippen LogP contribution in [0.1, 0.15) is 21.5 Å². The maximum Gasteiger partial charge on any atom is 0.272 e. The van der Waals surface area contributed by atoms with Crippen molar-refractivity contribution in [1.29, 1.82) is 0 Å². The van der Waals surface area contributed by atoms with Crippen LogP contribution in [0, 0.1) is 6.92 Å². The fourth-order valence-electron chi connectivity index (χ4n) is 1.58. The highest BCUT2D eigenvalue weighted by Crippen LogP contribution is 2.17. The van der Waals surface area contributed by atoms with Gasteiger partial charge in [0.25, 0.3) is 5.91 Å². The molecule has 0 heterocycles. The summed E-state index contributed by atoms with van der Waals surface area (Å²) in [5, 5.41) is 4.94. The van der Waals surface area contributed by atoms with Crippen LogP contribution in [0.5, 0.6) is 0 Å². The molecule has 5 heteroatoms. The van der Waals surface area contributed by atoms with Crippen molar-refractivity contribution in [1.82, 2.24) is 5.43 Å². The van der Waals surface area contributed by atoms with Crippen molar-refractivity contribution in [2.45, 2.75) is 6.92 Å². The summed E-state index contributed by atoms with van der Waals surface area (Å²) in [5.74, 6) is -0.347. The molecule has 2 rings (SSSR count). The van der Waals surface area contributed by atoms with Gasteiger partial charge in [0, 0.05) is 5.02 Å². The van der Waals surface area contributed by atoms with E-state index in [0.29, 0.717) is 15.6 Å². The molecule has 0 spiro atoms. The summed E-state index contributed by atoms with van der Waals surface area (Å²) in [5.41, 5.74) is 4.66. The van der Waals surface area contributed by atoms with E-state index in [-0.39, 0.29) is 5.91 Å². The van der Waals surface area contributed by atoms with Crippen molar-refractivity contribution >= 4 is 35.3 Å². The van der Waals surface area contributed by atoms with Gasteiger partial charge in [0.15, 0.2) is 0 Å². The first-order chi connectivity index (χ1) is 9.56. The zero-order valence-corrected chi connectivity index (χ0v) is 12.2. The third-order valence-corrected chi connectivity index (χ3v) is 3.18. The molecule has 0 fully saturated rings. The van der Waals surface area contributed by atoms with Crippen LogP contribution in [-0.2, 0) is 0 Å². The maximum absolute atomic E-state index is 11.9. The van der Waals surface area contributed by atoms with Crippen LogP contribution in [0.2, 0.25) is 10.0 Å². The van der Waals surface area contributed by atoms with Gasteiger partial charge in [-0.05, 0) is 42.3 Å². The molecule has 20 heavy (non-hydrogen) atoms. The maximum atomic E-state index is 11.9. The van der Waals surface area contributed by atoms with Gasteiger partial charge in [-0.2, -0.15) is 5.10 Å². The number of aryl methyl sites for hydroxylation is 1. The Bertz CT molecular complexity index is 651. The summed E-state index contributed by atoms with van der Waals surface area (Å²) in [6, 6.07) is 12.3. The second kappa shape index (κ2) is 6.55. The standard InChI is InChI=1S/C15H12Cl2N2O/c1-10-2-7-13(14(17)8-10)15(20)19-18-9-11-3-5-12(16)6-4-11/h2-9H,1H3,(H,19,20). The van der Waals surface area contributed by atoms with Gasteiger partial charge >= 0.3 is 0 Å². The van der Waals surface area contributed by atoms with E-state index >= 15 is 0 Å². The molecule has 0 aromatic heterocycles. The Morgan fingerprint density at radius 1 is 1.15 bits per heavy atom. The smallest absolute Gasteiger partial charge is 0.267 e. The quantitative estimate of drug-likeness (QED) is 0.674. The predicted octanol–water partition coefficient (Wildman–Crippen LogP) is 4.07. The van der Waals surface area contributed by atoms with E-state index in [9.17, 15) is 4.79 Å². The molecule has 0 aliphatic carbocycles. The molecule has 0 aliphatic heterocycles. The van der Waals surface area contributed by atoms with Gasteiger partial charge in [-0.15, -0.1) is 0 Å². The third kappa shape index (κ3) is 3.83. The summed E-state index contributed by atoms with van der Waals surface area (Å²) in [6.45, 7) is 1.91. The van der Waals surface area contributed by atoms with Gasteiger partial charge in [-0.3, -0.25) is 4.79 Å². The van der Waals surface area contributed by atoms with Crippen LogP contribution < -0.4 is 5.43 Å².